The number of carbonyl (C=O) groups is 1. The van der Waals surface area contributed by atoms with Crippen molar-refractivity contribution in [1.82, 2.24) is 24.9 Å². The lowest BCUT2D eigenvalue weighted by atomic mass is 9.96. The van der Waals surface area contributed by atoms with Crippen LogP contribution in [0.4, 0.5) is 5.69 Å². The van der Waals surface area contributed by atoms with Gasteiger partial charge in [0.2, 0.25) is 5.91 Å². The summed E-state index contributed by atoms with van der Waals surface area (Å²) in [4.78, 5) is 15.2. The van der Waals surface area contributed by atoms with E-state index in [-0.39, 0.29) is 11.8 Å². The average Bonchev–Trinajstić information content (AvgIpc) is 3.41. The number of likely N-dealkylation sites (tertiary alicyclic amines) is 1. The summed E-state index contributed by atoms with van der Waals surface area (Å²) in [6.45, 7) is 7.93. The molecule has 158 valence electrons. The van der Waals surface area contributed by atoms with Gasteiger partial charge in [-0.3, -0.25) is 19.5 Å². The molecule has 0 aliphatic carbocycles. The lowest BCUT2D eigenvalue weighted by molar-refractivity contribution is -0.121. The molecular weight excluding hydrogens is 376 g/mol. The van der Waals surface area contributed by atoms with Crippen molar-refractivity contribution in [2.75, 3.05) is 18.4 Å². The smallest absolute Gasteiger partial charge is 0.228 e. The molecule has 3 heterocycles. The fourth-order valence-electron chi connectivity index (χ4n) is 4.13. The van der Waals surface area contributed by atoms with E-state index in [2.05, 4.69) is 44.0 Å². The lowest BCUT2D eigenvalue weighted by Crippen LogP contribution is -2.40. The topological polar surface area (TPSA) is 78.8 Å². The van der Waals surface area contributed by atoms with Gasteiger partial charge in [-0.2, -0.15) is 10.2 Å². The summed E-state index contributed by atoms with van der Waals surface area (Å²) < 4.78 is 2.08. The first-order valence-corrected chi connectivity index (χ1v) is 10.8. The zero-order valence-corrected chi connectivity index (χ0v) is 17.8. The van der Waals surface area contributed by atoms with Gasteiger partial charge < -0.3 is 5.32 Å². The lowest BCUT2D eigenvalue weighted by Gasteiger charge is -2.31. The minimum absolute atomic E-state index is 0.0111. The second-order valence-corrected chi connectivity index (χ2v) is 8.09. The number of aryl methyl sites for hydroxylation is 1. The summed E-state index contributed by atoms with van der Waals surface area (Å²) in [6.07, 6.45) is 6.77. The summed E-state index contributed by atoms with van der Waals surface area (Å²) in [5.41, 5.74) is 5.35. The molecule has 2 N–H and O–H groups in total. The Hall–Kier alpha value is -2.93. The van der Waals surface area contributed by atoms with Crippen LogP contribution in [0.3, 0.4) is 0 Å². The van der Waals surface area contributed by atoms with Crippen molar-refractivity contribution in [3.63, 3.8) is 0 Å². The molecule has 0 spiro atoms. The molecule has 3 aromatic rings. The van der Waals surface area contributed by atoms with Gasteiger partial charge in [-0.1, -0.05) is 19.1 Å². The first-order chi connectivity index (χ1) is 14.6. The number of H-pyrrole nitrogens is 1. The van der Waals surface area contributed by atoms with E-state index in [1.807, 2.05) is 36.5 Å². The highest BCUT2D eigenvalue weighted by molar-refractivity contribution is 5.93. The summed E-state index contributed by atoms with van der Waals surface area (Å²) >= 11 is 0. The molecule has 4 rings (SSSR count). The maximum atomic E-state index is 12.9. The van der Waals surface area contributed by atoms with E-state index >= 15 is 0 Å². The molecule has 1 aromatic carbocycles. The highest BCUT2D eigenvalue weighted by atomic mass is 16.1. The minimum atomic E-state index is 0.0111. The largest absolute Gasteiger partial charge is 0.326 e. The average molecular weight is 407 g/mol. The zero-order valence-electron chi connectivity index (χ0n) is 17.8. The van der Waals surface area contributed by atoms with Crippen molar-refractivity contribution in [3.8, 4) is 11.3 Å². The van der Waals surface area contributed by atoms with Gasteiger partial charge in [0.25, 0.3) is 0 Å². The van der Waals surface area contributed by atoms with E-state index in [9.17, 15) is 4.79 Å². The van der Waals surface area contributed by atoms with Crippen molar-refractivity contribution < 1.29 is 4.79 Å². The Kier molecular flexibility index (Phi) is 6.28. The van der Waals surface area contributed by atoms with E-state index in [1.165, 1.54) is 11.3 Å². The van der Waals surface area contributed by atoms with Crippen LogP contribution < -0.4 is 5.32 Å². The fourth-order valence-corrected chi connectivity index (χ4v) is 4.13. The summed E-state index contributed by atoms with van der Waals surface area (Å²) in [7, 11) is 0. The van der Waals surface area contributed by atoms with E-state index in [1.54, 1.807) is 6.20 Å². The monoisotopic (exact) mass is 406 g/mol. The molecule has 0 saturated carbocycles. The number of piperidine rings is 1. The Balaban J connectivity index is 1.34. The number of nitrogens with zero attached hydrogens (tertiary/aromatic N) is 4. The van der Waals surface area contributed by atoms with Crippen LogP contribution in [0.5, 0.6) is 0 Å². The fraction of sp³-hybridized carbons (Fsp3) is 0.435. The zero-order chi connectivity index (χ0) is 20.9. The van der Waals surface area contributed by atoms with E-state index < -0.39 is 0 Å². The maximum absolute atomic E-state index is 12.9. The maximum Gasteiger partial charge on any atom is 0.228 e. The van der Waals surface area contributed by atoms with E-state index in [0.29, 0.717) is 0 Å². The number of aromatic nitrogens is 4. The molecule has 1 unspecified atom stereocenters. The Morgan fingerprint density at radius 3 is 2.83 bits per heavy atom. The van der Waals surface area contributed by atoms with Gasteiger partial charge in [0.15, 0.2) is 0 Å². The number of anilines is 1. The molecule has 0 radical (unpaired) electrons. The molecule has 1 atom stereocenters. The van der Waals surface area contributed by atoms with Gasteiger partial charge in [0.05, 0.1) is 17.8 Å². The van der Waals surface area contributed by atoms with Gasteiger partial charge in [-0.15, -0.1) is 0 Å². The van der Waals surface area contributed by atoms with Crippen molar-refractivity contribution in [3.05, 3.63) is 54.0 Å². The third kappa shape index (κ3) is 4.62. The van der Waals surface area contributed by atoms with Gasteiger partial charge in [-0.05, 0) is 56.5 Å². The van der Waals surface area contributed by atoms with Crippen LogP contribution in [0.1, 0.15) is 37.4 Å². The minimum Gasteiger partial charge on any atom is -0.326 e. The van der Waals surface area contributed by atoms with Crippen molar-refractivity contribution in [2.45, 2.75) is 46.2 Å². The Morgan fingerprint density at radius 1 is 1.27 bits per heavy atom. The van der Waals surface area contributed by atoms with Gasteiger partial charge in [-0.25, -0.2) is 0 Å². The molecule has 7 heteroatoms. The van der Waals surface area contributed by atoms with Crippen molar-refractivity contribution in [1.29, 1.82) is 0 Å². The SMILES string of the molecule is CCCn1ncc(CN2CCCC(C(=O)Nc3ccc(-c4ccn[nH]4)cc3)C2)c1C. The van der Waals surface area contributed by atoms with Crippen LogP contribution in [-0.4, -0.2) is 43.9 Å². The molecule has 1 aliphatic rings. The normalized spacial score (nSPS) is 17.2. The van der Waals surface area contributed by atoms with Crippen LogP contribution in [0.25, 0.3) is 11.3 Å². The number of hydrogen-bond donors (Lipinski definition) is 2. The molecule has 7 nitrogen and oxygen atoms in total. The third-order valence-electron chi connectivity index (χ3n) is 5.87. The second-order valence-electron chi connectivity index (χ2n) is 8.09. The number of benzene rings is 1. The second kappa shape index (κ2) is 9.26. The molecule has 1 saturated heterocycles. The van der Waals surface area contributed by atoms with E-state index in [0.717, 1.165) is 62.4 Å². The third-order valence-corrected chi connectivity index (χ3v) is 5.87. The first-order valence-electron chi connectivity index (χ1n) is 10.8. The number of nitrogens with one attached hydrogen (secondary N) is 2. The molecule has 30 heavy (non-hydrogen) atoms. The molecule has 1 aliphatic heterocycles. The number of carbonyl (C=O) groups excluding carboxylic acids is 1. The highest BCUT2D eigenvalue weighted by Crippen LogP contribution is 2.23. The van der Waals surface area contributed by atoms with Crippen LogP contribution in [0, 0.1) is 12.8 Å². The molecule has 0 bridgehead atoms. The molecule has 1 fully saturated rings. The number of amides is 1. The number of rotatable bonds is 7. The Labute approximate surface area is 177 Å². The quantitative estimate of drug-likeness (QED) is 0.625. The molecular formula is C23H30N6O. The first kappa shape index (κ1) is 20.3. The highest BCUT2D eigenvalue weighted by Gasteiger charge is 2.26. The van der Waals surface area contributed by atoms with Crippen molar-refractivity contribution >= 4 is 11.6 Å². The Bertz CT molecular complexity index is 960. The van der Waals surface area contributed by atoms with Gasteiger partial charge >= 0.3 is 0 Å². The summed E-state index contributed by atoms with van der Waals surface area (Å²) in [5, 5.41) is 14.5. The molecule has 1 amide bonds. The summed E-state index contributed by atoms with van der Waals surface area (Å²) in [6, 6.07) is 9.80. The van der Waals surface area contributed by atoms with Gasteiger partial charge in [0.1, 0.15) is 0 Å². The number of aromatic amines is 1. The number of hydrogen-bond acceptors (Lipinski definition) is 4. The Morgan fingerprint density at radius 2 is 2.10 bits per heavy atom. The van der Waals surface area contributed by atoms with E-state index in [4.69, 9.17) is 0 Å². The summed E-state index contributed by atoms with van der Waals surface area (Å²) in [5.74, 6) is 0.115. The van der Waals surface area contributed by atoms with Crippen LogP contribution in [0.2, 0.25) is 0 Å². The van der Waals surface area contributed by atoms with Crippen LogP contribution >= 0.6 is 0 Å². The predicted octanol–water partition coefficient (Wildman–Crippen LogP) is 3.84. The van der Waals surface area contributed by atoms with Crippen molar-refractivity contribution in [2.24, 2.45) is 5.92 Å². The van der Waals surface area contributed by atoms with Crippen LogP contribution in [-0.2, 0) is 17.9 Å². The van der Waals surface area contributed by atoms with Crippen LogP contribution in [0.15, 0.2) is 42.7 Å². The van der Waals surface area contributed by atoms with Gasteiger partial charge in [0, 0.05) is 42.8 Å². The standard InChI is InChI=1S/C23H30N6O/c1-3-12-29-17(2)20(14-25-29)16-28-13-4-5-19(15-28)23(30)26-21-8-6-18(7-9-21)22-10-11-24-27-22/h6-11,14,19H,3-5,12-13,15-16H2,1-2H3,(H,24,27)(H,26,30). The molecule has 2 aromatic heterocycles. The predicted molar refractivity (Wildman–Crippen MR) is 118 cm³/mol.